The highest BCUT2D eigenvalue weighted by Crippen LogP contribution is 2.12. The van der Waals surface area contributed by atoms with Crippen LogP contribution < -0.4 is 10.6 Å². The Hall–Kier alpha value is -2.47. The molecule has 0 radical (unpaired) electrons. The fourth-order valence-electron chi connectivity index (χ4n) is 2.67. The number of anilines is 1. The van der Waals surface area contributed by atoms with Gasteiger partial charge in [0.15, 0.2) is 0 Å². The zero-order valence-corrected chi connectivity index (χ0v) is 13.8. The molecule has 1 unspecified atom stereocenters. The van der Waals surface area contributed by atoms with Crippen LogP contribution in [0.2, 0.25) is 0 Å². The molecule has 3 rings (SSSR count). The summed E-state index contributed by atoms with van der Waals surface area (Å²) in [5.74, 6) is 0.433. The summed E-state index contributed by atoms with van der Waals surface area (Å²) in [6.07, 6.45) is 3.57. The van der Waals surface area contributed by atoms with E-state index >= 15 is 0 Å². The van der Waals surface area contributed by atoms with Crippen LogP contribution in [0.4, 0.5) is 5.82 Å². The molecule has 6 nitrogen and oxygen atoms in total. The smallest absolute Gasteiger partial charge is 0.270 e. The number of aromatic nitrogens is 2. The summed E-state index contributed by atoms with van der Waals surface area (Å²) in [5, 5.41) is 6.11. The SMILES string of the molecule is Cc1ccccc1CNc1cc(C(=O)NCC2CCCO2)ncn1. The number of ether oxygens (including phenoxy) is 1. The molecule has 126 valence electrons. The second kappa shape index (κ2) is 7.88. The van der Waals surface area contributed by atoms with Crippen LogP contribution in [0.5, 0.6) is 0 Å². The van der Waals surface area contributed by atoms with Gasteiger partial charge in [-0.2, -0.15) is 0 Å². The minimum Gasteiger partial charge on any atom is -0.376 e. The summed E-state index contributed by atoms with van der Waals surface area (Å²) in [4.78, 5) is 20.4. The van der Waals surface area contributed by atoms with Crippen LogP contribution >= 0.6 is 0 Å². The Kier molecular flexibility index (Phi) is 5.38. The number of carbonyl (C=O) groups excluding carboxylic acids is 1. The molecule has 0 bridgehead atoms. The van der Waals surface area contributed by atoms with Gasteiger partial charge < -0.3 is 15.4 Å². The van der Waals surface area contributed by atoms with E-state index in [0.717, 1.165) is 19.4 Å². The molecule has 2 N–H and O–H groups in total. The maximum Gasteiger partial charge on any atom is 0.270 e. The van der Waals surface area contributed by atoms with Crippen molar-refractivity contribution < 1.29 is 9.53 Å². The minimum atomic E-state index is -0.202. The molecule has 2 heterocycles. The van der Waals surface area contributed by atoms with Crippen LogP contribution in [-0.4, -0.2) is 35.1 Å². The van der Waals surface area contributed by atoms with Gasteiger partial charge in [0.2, 0.25) is 0 Å². The van der Waals surface area contributed by atoms with Gasteiger partial charge in [0, 0.05) is 25.8 Å². The standard InChI is InChI=1S/C18H22N4O2/c1-13-5-2-3-6-14(13)10-19-17-9-16(21-12-22-17)18(23)20-11-15-7-4-8-24-15/h2-3,5-6,9,12,15H,4,7-8,10-11H2,1H3,(H,20,23)(H,19,21,22). The number of amides is 1. The summed E-state index contributed by atoms with van der Waals surface area (Å²) in [6, 6.07) is 9.83. The molecular formula is C18H22N4O2. The maximum absolute atomic E-state index is 12.2. The molecule has 1 aliphatic heterocycles. The molecule has 1 aromatic heterocycles. The molecule has 0 spiro atoms. The molecule has 0 saturated carbocycles. The molecule has 1 aliphatic rings. The summed E-state index contributed by atoms with van der Waals surface area (Å²) >= 11 is 0. The van der Waals surface area contributed by atoms with Gasteiger partial charge in [-0.3, -0.25) is 4.79 Å². The molecule has 1 amide bonds. The fourth-order valence-corrected chi connectivity index (χ4v) is 2.67. The van der Waals surface area contributed by atoms with Crippen LogP contribution in [0.15, 0.2) is 36.7 Å². The normalized spacial score (nSPS) is 16.8. The Morgan fingerprint density at radius 1 is 1.33 bits per heavy atom. The Labute approximate surface area is 141 Å². The summed E-state index contributed by atoms with van der Waals surface area (Å²) in [5.41, 5.74) is 2.77. The lowest BCUT2D eigenvalue weighted by Gasteiger charge is -2.11. The quantitative estimate of drug-likeness (QED) is 0.852. The number of nitrogens with one attached hydrogen (secondary N) is 2. The zero-order valence-electron chi connectivity index (χ0n) is 13.8. The largest absolute Gasteiger partial charge is 0.376 e. The van der Waals surface area contributed by atoms with Crippen LogP contribution in [-0.2, 0) is 11.3 Å². The molecular weight excluding hydrogens is 304 g/mol. The van der Waals surface area contributed by atoms with Crippen molar-refractivity contribution in [3.63, 3.8) is 0 Å². The van der Waals surface area contributed by atoms with Crippen molar-refractivity contribution in [2.24, 2.45) is 0 Å². The fraction of sp³-hybridized carbons (Fsp3) is 0.389. The Balaban J connectivity index is 1.57. The lowest BCUT2D eigenvalue weighted by molar-refractivity contribution is 0.0853. The topological polar surface area (TPSA) is 76.1 Å². The molecule has 2 aromatic rings. The van der Waals surface area contributed by atoms with Gasteiger partial charge in [-0.25, -0.2) is 9.97 Å². The first-order valence-corrected chi connectivity index (χ1v) is 8.22. The third-order valence-electron chi connectivity index (χ3n) is 4.14. The number of nitrogens with zero attached hydrogens (tertiary/aromatic N) is 2. The lowest BCUT2D eigenvalue weighted by Crippen LogP contribution is -2.32. The van der Waals surface area contributed by atoms with Crippen LogP contribution in [0.25, 0.3) is 0 Å². The minimum absolute atomic E-state index is 0.120. The molecule has 1 atom stereocenters. The van der Waals surface area contributed by atoms with E-state index in [1.54, 1.807) is 6.07 Å². The second-order valence-electron chi connectivity index (χ2n) is 5.91. The van der Waals surface area contributed by atoms with E-state index in [1.165, 1.54) is 17.5 Å². The Morgan fingerprint density at radius 2 is 2.21 bits per heavy atom. The first-order valence-electron chi connectivity index (χ1n) is 8.22. The number of aryl methyl sites for hydroxylation is 1. The molecule has 1 saturated heterocycles. The highest BCUT2D eigenvalue weighted by atomic mass is 16.5. The first-order chi connectivity index (χ1) is 11.7. The monoisotopic (exact) mass is 326 g/mol. The summed E-state index contributed by atoms with van der Waals surface area (Å²) in [7, 11) is 0. The van der Waals surface area contributed by atoms with Gasteiger partial charge in [0.25, 0.3) is 5.91 Å². The number of hydrogen-bond donors (Lipinski definition) is 2. The number of benzene rings is 1. The highest BCUT2D eigenvalue weighted by Gasteiger charge is 2.17. The molecule has 6 heteroatoms. The number of rotatable bonds is 6. The van der Waals surface area contributed by atoms with Gasteiger partial charge in [0.05, 0.1) is 6.10 Å². The Morgan fingerprint density at radius 3 is 3.00 bits per heavy atom. The predicted octanol–water partition coefficient (Wildman–Crippen LogP) is 2.31. The van der Waals surface area contributed by atoms with Gasteiger partial charge in [-0.05, 0) is 30.9 Å². The first kappa shape index (κ1) is 16.4. The average molecular weight is 326 g/mol. The van der Waals surface area contributed by atoms with Crippen LogP contribution in [0.1, 0.15) is 34.5 Å². The van der Waals surface area contributed by atoms with Gasteiger partial charge in [-0.1, -0.05) is 24.3 Å². The van der Waals surface area contributed by atoms with E-state index in [0.29, 0.717) is 24.6 Å². The van der Waals surface area contributed by atoms with Crippen molar-refractivity contribution in [1.29, 1.82) is 0 Å². The van der Waals surface area contributed by atoms with Crippen molar-refractivity contribution in [3.8, 4) is 0 Å². The van der Waals surface area contributed by atoms with Crippen LogP contribution in [0.3, 0.4) is 0 Å². The van der Waals surface area contributed by atoms with Crippen molar-refractivity contribution in [3.05, 3.63) is 53.5 Å². The van der Waals surface area contributed by atoms with Gasteiger partial charge in [-0.15, -0.1) is 0 Å². The van der Waals surface area contributed by atoms with Crippen molar-refractivity contribution >= 4 is 11.7 Å². The summed E-state index contributed by atoms with van der Waals surface area (Å²) in [6.45, 7) is 4.03. The molecule has 1 aromatic carbocycles. The third kappa shape index (κ3) is 4.29. The highest BCUT2D eigenvalue weighted by molar-refractivity contribution is 5.92. The second-order valence-corrected chi connectivity index (χ2v) is 5.91. The predicted molar refractivity (Wildman–Crippen MR) is 91.8 cm³/mol. The third-order valence-corrected chi connectivity index (χ3v) is 4.14. The van der Waals surface area contributed by atoms with E-state index in [-0.39, 0.29) is 12.0 Å². The van der Waals surface area contributed by atoms with Gasteiger partial charge in [0.1, 0.15) is 17.8 Å². The van der Waals surface area contributed by atoms with Crippen LogP contribution in [0, 0.1) is 6.92 Å². The molecule has 24 heavy (non-hydrogen) atoms. The van der Waals surface area contributed by atoms with Crippen molar-refractivity contribution in [2.45, 2.75) is 32.4 Å². The van der Waals surface area contributed by atoms with E-state index < -0.39 is 0 Å². The van der Waals surface area contributed by atoms with E-state index in [1.807, 2.05) is 12.1 Å². The lowest BCUT2D eigenvalue weighted by atomic mass is 10.1. The van der Waals surface area contributed by atoms with Gasteiger partial charge >= 0.3 is 0 Å². The van der Waals surface area contributed by atoms with E-state index in [2.05, 4.69) is 39.7 Å². The van der Waals surface area contributed by atoms with Crippen molar-refractivity contribution in [2.75, 3.05) is 18.5 Å². The summed E-state index contributed by atoms with van der Waals surface area (Å²) < 4.78 is 5.50. The molecule has 0 aliphatic carbocycles. The van der Waals surface area contributed by atoms with E-state index in [9.17, 15) is 4.79 Å². The molecule has 1 fully saturated rings. The van der Waals surface area contributed by atoms with E-state index in [4.69, 9.17) is 4.74 Å². The maximum atomic E-state index is 12.2. The van der Waals surface area contributed by atoms with Crippen molar-refractivity contribution in [1.82, 2.24) is 15.3 Å². The zero-order chi connectivity index (χ0) is 16.8. The number of hydrogen-bond acceptors (Lipinski definition) is 5. The Bertz CT molecular complexity index is 699. The average Bonchev–Trinajstić information content (AvgIpc) is 3.13. The number of carbonyl (C=O) groups is 1.